The van der Waals surface area contributed by atoms with E-state index in [0.717, 1.165) is 6.16 Å². The summed E-state index contributed by atoms with van der Waals surface area (Å²) in [5, 5.41) is 4.24. The highest BCUT2D eigenvalue weighted by atomic mass is 35.5. The van der Waals surface area contributed by atoms with E-state index >= 15 is 0 Å². The van der Waals surface area contributed by atoms with Crippen molar-refractivity contribution in [3.8, 4) is 0 Å². The highest BCUT2D eigenvalue weighted by Gasteiger charge is 2.45. The Morgan fingerprint density at radius 1 is 0.586 bits per heavy atom. The highest BCUT2D eigenvalue weighted by molar-refractivity contribution is 7.95. The zero-order valence-corrected chi connectivity index (χ0v) is 17.9. The van der Waals surface area contributed by atoms with Crippen molar-refractivity contribution < 1.29 is 12.4 Å². The Kier molecular flexibility index (Phi) is 7.04. The van der Waals surface area contributed by atoms with Crippen molar-refractivity contribution in [2.24, 2.45) is 0 Å². The summed E-state index contributed by atoms with van der Waals surface area (Å²) in [4.78, 5) is 0. The molecule has 0 radical (unpaired) electrons. The maximum Gasteiger partial charge on any atom is 0.116 e. The molecule has 4 aromatic rings. The molecule has 0 nitrogen and oxygen atoms in total. The summed E-state index contributed by atoms with van der Waals surface area (Å²) in [6.07, 6.45) is 2.92. The van der Waals surface area contributed by atoms with Gasteiger partial charge < -0.3 is 12.4 Å². The molecule has 0 saturated heterocycles. The summed E-state index contributed by atoms with van der Waals surface area (Å²) in [6.45, 7) is 3.95. The Bertz CT molecular complexity index is 947. The number of benzene rings is 4. The van der Waals surface area contributed by atoms with E-state index in [1.165, 1.54) is 27.0 Å². The summed E-state index contributed by atoms with van der Waals surface area (Å²) in [7, 11) is -1.84. The molecule has 0 aliphatic carbocycles. The predicted molar refractivity (Wildman–Crippen MR) is 125 cm³/mol. The van der Waals surface area contributed by atoms with Crippen molar-refractivity contribution in [3.63, 3.8) is 0 Å². The van der Waals surface area contributed by atoms with E-state index in [2.05, 4.69) is 122 Å². The highest BCUT2D eigenvalue weighted by Crippen LogP contribution is 2.58. The van der Waals surface area contributed by atoms with Gasteiger partial charge in [0.2, 0.25) is 0 Å². The largest absolute Gasteiger partial charge is 1.00 e. The van der Waals surface area contributed by atoms with E-state index < -0.39 is 7.26 Å². The second-order valence-corrected chi connectivity index (χ2v) is 10.4. The Morgan fingerprint density at radius 2 is 1.03 bits per heavy atom. The van der Waals surface area contributed by atoms with Gasteiger partial charge in [-0.05, 0) is 53.6 Å². The summed E-state index contributed by atoms with van der Waals surface area (Å²) >= 11 is 0. The molecule has 0 aliphatic rings. The van der Waals surface area contributed by atoms with Crippen molar-refractivity contribution in [1.29, 1.82) is 0 Å². The number of halogens is 1. The lowest BCUT2D eigenvalue weighted by atomic mass is 10.1. The third kappa shape index (κ3) is 4.35. The lowest BCUT2D eigenvalue weighted by Crippen LogP contribution is -3.00. The van der Waals surface area contributed by atoms with E-state index in [4.69, 9.17) is 0 Å². The van der Waals surface area contributed by atoms with Gasteiger partial charge in [0, 0.05) is 0 Å². The van der Waals surface area contributed by atoms with E-state index in [1.54, 1.807) is 0 Å². The molecule has 4 rings (SSSR count). The molecule has 29 heavy (non-hydrogen) atoms. The molecule has 0 saturated carbocycles. The topological polar surface area (TPSA) is 0 Å². The van der Waals surface area contributed by atoms with Gasteiger partial charge in [-0.25, -0.2) is 0 Å². The van der Waals surface area contributed by atoms with Crippen LogP contribution in [0, 0.1) is 0 Å². The van der Waals surface area contributed by atoms with E-state index in [0.29, 0.717) is 0 Å². The van der Waals surface area contributed by atoms with E-state index in [9.17, 15) is 0 Å². The van der Waals surface area contributed by atoms with Crippen LogP contribution in [-0.4, -0.2) is 0 Å². The molecule has 0 amide bonds. The van der Waals surface area contributed by atoms with Crippen LogP contribution in [0.5, 0.6) is 0 Å². The lowest BCUT2D eigenvalue weighted by Gasteiger charge is -2.28. The van der Waals surface area contributed by atoms with Gasteiger partial charge in [0.25, 0.3) is 0 Å². The fourth-order valence-electron chi connectivity index (χ4n) is 3.86. The molecule has 144 valence electrons. The predicted octanol–water partition coefficient (Wildman–Crippen LogP) is 2.83. The fraction of sp³-hybridized carbons (Fsp3) is 0.0370. The molecule has 0 aliphatic heterocycles. The summed E-state index contributed by atoms with van der Waals surface area (Å²) in [6, 6.07) is 41.8. The zero-order chi connectivity index (χ0) is 19.2. The van der Waals surface area contributed by atoms with Crippen molar-refractivity contribution in [2.75, 3.05) is 0 Å². The third-order valence-corrected chi connectivity index (χ3v) is 9.58. The molecular formula is C27H24ClP. The van der Waals surface area contributed by atoms with Crippen molar-refractivity contribution >= 4 is 29.3 Å². The first-order valence-corrected chi connectivity index (χ1v) is 11.6. The fourth-order valence-corrected chi connectivity index (χ4v) is 8.09. The SMILES string of the molecule is C=Cc1cccc(C[P+](c2ccccc2)(c2ccccc2)c2ccccc2)c1.[Cl-]. The Morgan fingerprint density at radius 3 is 1.45 bits per heavy atom. The van der Waals surface area contributed by atoms with Gasteiger partial charge in [-0.15, -0.1) is 0 Å². The van der Waals surface area contributed by atoms with Crippen LogP contribution in [0.2, 0.25) is 0 Å². The molecule has 0 heterocycles. The smallest absolute Gasteiger partial charge is 0.116 e. The molecule has 4 aromatic carbocycles. The molecule has 0 aromatic heterocycles. The van der Waals surface area contributed by atoms with Gasteiger partial charge in [0.05, 0.1) is 6.16 Å². The minimum atomic E-state index is -1.84. The summed E-state index contributed by atoms with van der Waals surface area (Å²) in [5.41, 5.74) is 2.52. The number of rotatable bonds is 6. The Labute approximate surface area is 180 Å². The minimum Gasteiger partial charge on any atom is -1.00 e. The first kappa shape index (κ1) is 21.1. The third-order valence-electron chi connectivity index (χ3n) is 5.20. The second kappa shape index (κ2) is 9.70. The molecule has 0 N–H and O–H groups in total. The van der Waals surface area contributed by atoms with Gasteiger partial charge in [-0.2, -0.15) is 0 Å². The molecule has 0 spiro atoms. The average molecular weight is 415 g/mol. The maximum absolute atomic E-state index is 3.95. The van der Waals surface area contributed by atoms with Crippen LogP contribution < -0.4 is 28.3 Å². The van der Waals surface area contributed by atoms with Gasteiger partial charge >= 0.3 is 0 Å². The van der Waals surface area contributed by atoms with Gasteiger partial charge in [-0.3, -0.25) is 0 Å². The molecule has 0 fully saturated rings. The van der Waals surface area contributed by atoms with Crippen molar-refractivity contribution in [1.82, 2.24) is 0 Å². The maximum atomic E-state index is 3.95. The lowest BCUT2D eigenvalue weighted by molar-refractivity contribution is -0.00000540. The van der Waals surface area contributed by atoms with Crippen LogP contribution in [0.4, 0.5) is 0 Å². The van der Waals surface area contributed by atoms with Crippen LogP contribution in [0.3, 0.4) is 0 Å². The van der Waals surface area contributed by atoms with Crippen molar-refractivity contribution in [3.05, 3.63) is 133 Å². The summed E-state index contributed by atoms with van der Waals surface area (Å²) in [5.74, 6) is 0. The Balaban J connectivity index is 0.00000240. The second-order valence-electron chi connectivity index (χ2n) is 6.92. The Hall–Kier alpha value is -2.66. The molecule has 2 heteroatoms. The van der Waals surface area contributed by atoms with Crippen LogP contribution in [0.15, 0.2) is 122 Å². The summed E-state index contributed by atoms with van der Waals surface area (Å²) < 4.78 is 0. The number of hydrogen-bond donors (Lipinski definition) is 0. The quantitative estimate of drug-likeness (QED) is 0.426. The zero-order valence-electron chi connectivity index (χ0n) is 16.3. The van der Waals surface area contributed by atoms with Crippen LogP contribution in [-0.2, 0) is 6.16 Å². The van der Waals surface area contributed by atoms with Crippen molar-refractivity contribution in [2.45, 2.75) is 6.16 Å². The van der Waals surface area contributed by atoms with Crippen LogP contribution in [0.25, 0.3) is 6.08 Å². The first-order chi connectivity index (χ1) is 13.8. The van der Waals surface area contributed by atoms with Crippen LogP contribution >= 0.6 is 7.26 Å². The first-order valence-electron chi connectivity index (χ1n) is 9.59. The monoisotopic (exact) mass is 414 g/mol. The normalized spacial score (nSPS) is 10.8. The molecular weight excluding hydrogens is 391 g/mol. The van der Waals surface area contributed by atoms with Gasteiger partial charge in [0.15, 0.2) is 0 Å². The van der Waals surface area contributed by atoms with E-state index in [-0.39, 0.29) is 12.4 Å². The average Bonchev–Trinajstić information content (AvgIpc) is 2.79. The standard InChI is InChI=1S/C27H24P.ClH/c1-2-23-13-12-14-24(21-23)22-28(25-15-6-3-7-16-25,26-17-8-4-9-18-26)27-19-10-5-11-20-27;/h2-21H,1,22H2;1H/q+1;/p-1. The van der Waals surface area contributed by atoms with Crippen LogP contribution in [0.1, 0.15) is 11.1 Å². The molecule has 0 unspecified atom stereocenters. The van der Waals surface area contributed by atoms with Gasteiger partial charge in [0.1, 0.15) is 23.2 Å². The minimum absolute atomic E-state index is 0. The number of hydrogen-bond acceptors (Lipinski definition) is 0. The van der Waals surface area contributed by atoms with E-state index in [1.807, 2.05) is 6.08 Å². The van der Waals surface area contributed by atoms with Gasteiger partial charge in [-0.1, -0.05) is 85.5 Å². The molecule has 0 bridgehead atoms. The molecule has 0 atom stereocenters.